The van der Waals surface area contributed by atoms with E-state index in [1.807, 2.05) is 57.2 Å². The lowest BCUT2D eigenvalue weighted by Gasteiger charge is -2.10. The van der Waals surface area contributed by atoms with Gasteiger partial charge < -0.3 is 29.0 Å². The van der Waals surface area contributed by atoms with Gasteiger partial charge in [0.2, 0.25) is 6.79 Å². The molecule has 1 aliphatic rings. The van der Waals surface area contributed by atoms with Crippen molar-refractivity contribution in [2.24, 2.45) is 0 Å². The van der Waals surface area contributed by atoms with E-state index in [1.165, 1.54) is 18.4 Å². The first-order chi connectivity index (χ1) is 17.7. The van der Waals surface area contributed by atoms with Crippen molar-refractivity contribution < 1.29 is 38.1 Å². The van der Waals surface area contributed by atoms with Gasteiger partial charge in [0, 0.05) is 4.88 Å². The molecule has 0 spiro atoms. The number of hydrogen-bond donors (Lipinski definition) is 1. The third-order valence-corrected chi connectivity index (χ3v) is 6.79. The van der Waals surface area contributed by atoms with Crippen LogP contribution in [-0.4, -0.2) is 45.0 Å². The number of aryl methyl sites for hydroxylation is 3. The maximum atomic E-state index is 12.7. The Morgan fingerprint density at radius 1 is 1.00 bits per heavy atom. The highest BCUT2D eigenvalue weighted by molar-refractivity contribution is 7.16. The van der Waals surface area contributed by atoms with Crippen LogP contribution in [0.5, 0.6) is 17.2 Å². The first-order valence-corrected chi connectivity index (χ1v) is 12.3. The molecule has 194 valence electrons. The summed E-state index contributed by atoms with van der Waals surface area (Å²) in [7, 11) is 1.28. The van der Waals surface area contributed by atoms with Gasteiger partial charge in [-0.25, -0.2) is 9.59 Å². The molecule has 0 aliphatic carbocycles. The number of nitrogens with one attached hydrogen (secondary N) is 1. The second-order valence-corrected chi connectivity index (χ2v) is 9.69. The van der Waals surface area contributed by atoms with Gasteiger partial charge in [0.15, 0.2) is 24.7 Å². The first-order valence-electron chi connectivity index (χ1n) is 11.5. The summed E-state index contributed by atoms with van der Waals surface area (Å²) >= 11 is 1.25. The Morgan fingerprint density at radius 3 is 2.57 bits per heavy atom. The number of esters is 2. The van der Waals surface area contributed by atoms with Crippen molar-refractivity contribution in [3.8, 4) is 17.2 Å². The van der Waals surface area contributed by atoms with Crippen LogP contribution in [0.1, 0.15) is 37.5 Å². The second-order valence-electron chi connectivity index (χ2n) is 8.46. The molecule has 0 unspecified atom stereocenters. The summed E-state index contributed by atoms with van der Waals surface area (Å²) in [4.78, 5) is 38.2. The van der Waals surface area contributed by atoms with E-state index < -0.39 is 24.5 Å². The molecule has 0 atom stereocenters. The van der Waals surface area contributed by atoms with Crippen molar-refractivity contribution in [3.63, 3.8) is 0 Å². The normalized spacial score (nSPS) is 11.7. The molecule has 2 heterocycles. The van der Waals surface area contributed by atoms with E-state index >= 15 is 0 Å². The summed E-state index contributed by atoms with van der Waals surface area (Å²) in [5.41, 5.74) is 3.78. The number of ether oxygens (including phenoxy) is 5. The van der Waals surface area contributed by atoms with Gasteiger partial charge in [0.1, 0.15) is 10.8 Å². The highest BCUT2D eigenvalue weighted by Crippen LogP contribution is 2.37. The quantitative estimate of drug-likeness (QED) is 0.411. The monoisotopic (exact) mass is 525 g/mol. The van der Waals surface area contributed by atoms with E-state index in [0.29, 0.717) is 28.7 Å². The van der Waals surface area contributed by atoms with Gasteiger partial charge in [-0.1, -0.05) is 18.2 Å². The lowest BCUT2D eigenvalue weighted by Crippen LogP contribution is -2.24. The standard InChI is InChI=1S/C27H27NO8S/c1-15-5-6-16(2)21(9-15)33-13-24(30)34-12-23(29)28-26-25(27(31)32-4)19(17(3)37-26)10-18-7-8-20-22(11-18)36-14-35-20/h5-9,11H,10,12-14H2,1-4H3,(H,28,29). The molecule has 0 saturated carbocycles. The number of thiophene rings is 1. The van der Waals surface area contributed by atoms with E-state index in [-0.39, 0.29) is 19.0 Å². The van der Waals surface area contributed by atoms with Gasteiger partial charge in [0.05, 0.1) is 12.7 Å². The van der Waals surface area contributed by atoms with Crippen LogP contribution in [0.15, 0.2) is 36.4 Å². The summed E-state index contributed by atoms with van der Waals surface area (Å²) in [5.74, 6) is 0.0430. The molecule has 4 rings (SSSR count). The Labute approximate surface area is 218 Å². The zero-order valence-electron chi connectivity index (χ0n) is 21.0. The number of amides is 1. The highest BCUT2D eigenvalue weighted by atomic mass is 32.1. The Balaban J connectivity index is 1.40. The average Bonchev–Trinajstić information content (AvgIpc) is 3.46. The zero-order chi connectivity index (χ0) is 26.5. The summed E-state index contributed by atoms with van der Waals surface area (Å²) < 4.78 is 26.4. The van der Waals surface area contributed by atoms with Crippen LogP contribution >= 0.6 is 11.3 Å². The van der Waals surface area contributed by atoms with Crippen LogP contribution in [0.2, 0.25) is 0 Å². The maximum absolute atomic E-state index is 12.7. The Bertz CT molecular complexity index is 1350. The third kappa shape index (κ3) is 6.21. The lowest BCUT2D eigenvalue weighted by molar-refractivity contribution is -0.149. The van der Waals surface area contributed by atoms with Crippen molar-refractivity contribution in [3.05, 3.63) is 69.1 Å². The molecule has 1 aliphatic heterocycles. The minimum Gasteiger partial charge on any atom is -0.482 e. The van der Waals surface area contributed by atoms with E-state index in [1.54, 1.807) is 0 Å². The molecule has 1 N–H and O–H groups in total. The topological polar surface area (TPSA) is 109 Å². The maximum Gasteiger partial charge on any atom is 0.344 e. The number of anilines is 1. The van der Waals surface area contributed by atoms with Crippen molar-refractivity contribution in [1.29, 1.82) is 0 Å². The van der Waals surface area contributed by atoms with Gasteiger partial charge in [-0.05, 0) is 67.6 Å². The number of rotatable bonds is 9. The molecule has 0 bridgehead atoms. The number of hydrogen-bond acceptors (Lipinski definition) is 9. The molecule has 3 aromatic rings. The van der Waals surface area contributed by atoms with Gasteiger partial charge in [-0.15, -0.1) is 11.3 Å². The minimum atomic E-state index is -0.685. The number of benzene rings is 2. The smallest absolute Gasteiger partial charge is 0.344 e. The molecule has 37 heavy (non-hydrogen) atoms. The average molecular weight is 526 g/mol. The molecular weight excluding hydrogens is 498 g/mol. The van der Waals surface area contributed by atoms with Crippen LogP contribution in [0, 0.1) is 20.8 Å². The third-order valence-electron chi connectivity index (χ3n) is 5.72. The van der Waals surface area contributed by atoms with E-state index in [2.05, 4.69) is 5.32 Å². The minimum absolute atomic E-state index is 0.169. The fourth-order valence-electron chi connectivity index (χ4n) is 3.80. The van der Waals surface area contributed by atoms with Gasteiger partial charge in [-0.2, -0.15) is 0 Å². The SMILES string of the molecule is COC(=O)c1c(NC(=O)COC(=O)COc2cc(C)ccc2C)sc(C)c1Cc1ccc2c(c1)OCO2. The number of carbonyl (C=O) groups is 3. The van der Waals surface area contributed by atoms with Gasteiger partial charge >= 0.3 is 11.9 Å². The molecular formula is C27H27NO8S. The molecule has 10 heteroatoms. The van der Waals surface area contributed by atoms with Crippen molar-refractivity contribution >= 4 is 34.2 Å². The van der Waals surface area contributed by atoms with Crippen LogP contribution in [0.3, 0.4) is 0 Å². The molecule has 0 saturated heterocycles. The highest BCUT2D eigenvalue weighted by Gasteiger charge is 2.25. The van der Waals surface area contributed by atoms with Crippen molar-refractivity contribution in [2.45, 2.75) is 27.2 Å². The van der Waals surface area contributed by atoms with Crippen LogP contribution in [0.25, 0.3) is 0 Å². The summed E-state index contributed by atoms with van der Waals surface area (Å²) in [6.45, 7) is 4.97. The molecule has 1 aromatic heterocycles. The first kappa shape index (κ1) is 26.0. The molecule has 1 amide bonds. The fraction of sp³-hybridized carbons (Fsp3) is 0.296. The predicted molar refractivity (Wildman–Crippen MR) is 137 cm³/mol. The van der Waals surface area contributed by atoms with E-state index in [4.69, 9.17) is 23.7 Å². The van der Waals surface area contributed by atoms with Crippen LogP contribution in [0.4, 0.5) is 5.00 Å². The Morgan fingerprint density at radius 2 is 1.78 bits per heavy atom. The van der Waals surface area contributed by atoms with E-state index in [0.717, 1.165) is 27.1 Å². The van der Waals surface area contributed by atoms with Crippen molar-refractivity contribution in [1.82, 2.24) is 0 Å². The van der Waals surface area contributed by atoms with Gasteiger partial charge in [-0.3, -0.25) is 4.79 Å². The molecule has 0 fully saturated rings. The summed E-state index contributed by atoms with van der Waals surface area (Å²) in [5, 5.41) is 3.00. The van der Waals surface area contributed by atoms with Crippen molar-refractivity contribution in [2.75, 3.05) is 32.4 Å². The van der Waals surface area contributed by atoms with Crippen LogP contribution < -0.4 is 19.5 Å². The zero-order valence-corrected chi connectivity index (χ0v) is 21.8. The van der Waals surface area contributed by atoms with E-state index in [9.17, 15) is 14.4 Å². The number of fused-ring (bicyclic) bond motifs is 1. The summed E-state index contributed by atoms with van der Waals surface area (Å²) in [6.07, 6.45) is 0.421. The second kappa shape index (κ2) is 11.3. The number of methoxy groups -OCH3 is 1. The molecule has 0 radical (unpaired) electrons. The molecule has 2 aromatic carbocycles. The predicted octanol–water partition coefficient (Wildman–Crippen LogP) is 4.34. The number of carbonyl (C=O) groups excluding carboxylic acids is 3. The Hall–Kier alpha value is -4.05. The molecule has 9 nitrogen and oxygen atoms in total. The summed E-state index contributed by atoms with van der Waals surface area (Å²) in [6, 6.07) is 11.2. The van der Waals surface area contributed by atoms with Crippen LogP contribution in [-0.2, 0) is 25.5 Å². The Kier molecular flexibility index (Phi) is 7.98. The fourth-order valence-corrected chi connectivity index (χ4v) is 4.88. The lowest BCUT2D eigenvalue weighted by atomic mass is 10.0. The van der Waals surface area contributed by atoms with Gasteiger partial charge in [0.25, 0.3) is 5.91 Å². The largest absolute Gasteiger partial charge is 0.482 e.